The Morgan fingerprint density at radius 2 is 1.59 bits per heavy atom. The first-order valence-corrected chi connectivity index (χ1v) is 6.49. The minimum absolute atomic E-state index is 0.0356. The SMILES string of the molecule is CCOC(=O)CC1CCC(C(=O)OCC)CC1. The number of hydrogen-bond acceptors (Lipinski definition) is 4. The molecule has 17 heavy (non-hydrogen) atoms. The van der Waals surface area contributed by atoms with E-state index in [-0.39, 0.29) is 17.9 Å². The van der Waals surface area contributed by atoms with Crippen molar-refractivity contribution in [3.8, 4) is 0 Å². The Kier molecular flexibility index (Phi) is 6.01. The molecule has 0 saturated heterocycles. The van der Waals surface area contributed by atoms with Crippen LogP contribution in [0.1, 0.15) is 46.0 Å². The van der Waals surface area contributed by atoms with Gasteiger partial charge in [0, 0.05) is 6.42 Å². The molecule has 0 N–H and O–H groups in total. The lowest BCUT2D eigenvalue weighted by Gasteiger charge is -2.26. The smallest absolute Gasteiger partial charge is 0.308 e. The summed E-state index contributed by atoms with van der Waals surface area (Å²) in [6.45, 7) is 4.53. The van der Waals surface area contributed by atoms with Gasteiger partial charge in [-0.1, -0.05) is 0 Å². The Morgan fingerprint density at radius 3 is 2.12 bits per heavy atom. The van der Waals surface area contributed by atoms with Crippen molar-refractivity contribution < 1.29 is 19.1 Å². The fourth-order valence-electron chi connectivity index (χ4n) is 2.32. The number of rotatable bonds is 5. The highest BCUT2D eigenvalue weighted by molar-refractivity contribution is 5.72. The second-order valence-corrected chi connectivity index (χ2v) is 4.48. The minimum Gasteiger partial charge on any atom is -0.466 e. The van der Waals surface area contributed by atoms with Gasteiger partial charge >= 0.3 is 11.9 Å². The summed E-state index contributed by atoms with van der Waals surface area (Å²) in [6.07, 6.45) is 4.00. The van der Waals surface area contributed by atoms with Gasteiger partial charge in [0.15, 0.2) is 0 Å². The number of hydrogen-bond donors (Lipinski definition) is 0. The molecule has 1 fully saturated rings. The van der Waals surface area contributed by atoms with Crippen LogP contribution in [0.5, 0.6) is 0 Å². The van der Waals surface area contributed by atoms with E-state index in [2.05, 4.69) is 0 Å². The van der Waals surface area contributed by atoms with Crippen LogP contribution in [0.25, 0.3) is 0 Å². The molecule has 0 atom stereocenters. The van der Waals surface area contributed by atoms with E-state index in [1.54, 1.807) is 0 Å². The maximum absolute atomic E-state index is 11.5. The van der Waals surface area contributed by atoms with Gasteiger partial charge in [-0.05, 0) is 45.4 Å². The Balaban J connectivity index is 2.26. The Bertz CT molecular complexity index is 254. The lowest BCUT2D eigenvalue weighted by Crippen LogP contribution is -2.25. The van der Waals surface area contributed by atoms with Gasteiger partial charge in [-0.25, -0.2) is 0 Å². The molecule has 1 aliphatic carbocycles. The Labute approximate surface area is 103 Å². The van der Waals surface area contributed by atoms with E-state index in [0.717, 1.165) is 25.7 Å². The second-order valence-electron chi connectivity index (χ2n) is 4.48. The van der Waals surface area contributed by atoms with E-state index < -0.39 is 0 Å². The van der Waals surface area contributed by atoms with Crippen molar-refractivity contribution in [2.45, 2.75) is 46.0 Å². The molecule has 4 nitrogen and oxygen atoms in total. The predicted molar refractivity (Wildman–Crippen MR) is 63.3 cm³/mol. The number of ether oxygens (including phenoxy) is 2. The normalized spacial score (nSPS) is 24.1. The molecule has 0 aromatic carbocycles. The molecule has 0 aromatic rings. The molecule has 1 saturated carbocycles. The zero-order valence-corrected chi connectivity index (χ0v) is 10.7. The van der Waals surface area contributed by atoms with E-state index in [0.29, 0.717) is 25.6 Å². The van der Waals surface area contributed by atoms with Crippen LogP contribution in [0.3, 0.4) is 0 Å². The van der Waals surface area contributed by atoms with Crippen molar-refractivity contribution in [3.05, 3.63) is 0 Å². The van der Waals surface area contributed by atoms with Crippen LogP contribution < -0.4 is 0 Å². The number of carbonyl (C=O) groups is 2. The predicted octanol–water partition coefficient (Wildman–Crippen LogP) is 2.31. The van der Waals surface area contributed by atoms with Crippen LogP contribution in [-0.4, -0.2) is 25.2 Å². The first kappa shape index (κ1) is 14.0. The van der Waals surface area contributed by atoms with Crippen LogP contribution in [0.2, 0.25) is 0 Å². The Morgan fingerprint density at radius 1 is 1.00 bits per heavy atom. The second kappa shape index (κ2) is 7.30. The average molecular weight is 242 g/mol. The summed E-state index contributed by atoms with van der Waals surface area (Å²) >= 11 is 0. The molecule has 0 unspecified atom stereocenters. The van der Waals surface area contributed by atoms with Gasteiger partial charge in [-0.3, -0.25) is 9.59 Å². The summed E-state index contributed by atoms with van der Waals surface area (Å²) in [5, 5.41) is 0. The van der Waals surface area contributed by atoms with E-state index in [1.165, 1.54) is 0 Å². The van der Waals surface area contributed by atoms with Crippen molar-refractivity contribution in [3.63, 3.8) is 0 Å². The summed E-state index contributed by atoms with van der Waals surface area (Å²) in [5.41, 5.74) is 0. The lowest BCUT2D eigenvalue weighted by atomic mass is 9.80. The molecule has 0 radical (unpaired) electrons. The maximum atomic E-state index is 11.5. The molecule has 1 aliphatic rings. The van der Waals surface area contributed by atoms with Gasteiger partial charge in [0.1, 0.15) is 0 Å². The molecule has 0 bridgehead atoms. The standard InChI is InChI=1S/C13H22O4/c1-3-16-12(14)9-10-5-7-11(8-6-10)13(15)17-4-2/h10-11H,3-9H2,1-2H3. The summed E-state index contributed by atoms with van der Waals surface area (Å²) in [6, 6.07) is 0. The first-order chi connectivity index (χ1) is 8.17. The minimum atomic E-state index is -0.118. The van der Waals surface area contributed by atoms with E-state index >= 15 is 0 Å². The number of esters is 2. The first-order valence-electron chi connectivity index (χ1n) is 6.49. The van der Waals surface area contributed by atoms with Crippen molar-refractivity contribution in [2.24, 2.45) is 11.8 Å². The summed E-state index contributed by atoms with van der Waals surface area (Å²) < 4.78 is 9.93. The van der Waals surface area contributed by atoms with Gasteiger partial charge in [0.2, 0.25) is 0 Å². The molecule has 0 heterocycles. The molecule has 0 aromatic heterocycles. The highest BCUT2D eigenvalue weighted by Crippen LogP contribution is 2.31. The van der Waals surface area contributed by atoms with Crippen molar-refractivity contribution in [1.82, 2.24) is 0 Å². The van der Waals surface area contributed by atoms with E-state index in [9.17, 15) is 9.59 Å². The summed E-state index contributed by atoms with van der Waals surface area (Å²) in [4.78, 5) is 22.8. The lowest BCUT2D eigenvalue weighted by molar-refractivity contribution is -0.149. The number of carbonyl (C=O) groups excluding carboxylic acids is 2. The summed E-state index contributed by atoms with van der Waals surface area (Å²) in [5.74, 6) is 0.210. The highest BCUT2D eigenvalue weighted by atomic mass is 16.5. The fourth-order valence-corrected chi connectivity index (χ4v) is 2.32. The fraction of sp³-hybridized carbons (Fsp3) is 0.846. The van der Waals surface area contributed by atoms with E-state index in [4.69, 9.17) is 9.47 Å². The average Bonchev–Trinajstić information content (AvgIpc) is 2.30. The molecule has 1 rings (SSSR count). The van der Waals surface area contributed by atoms with Crippen LogP contribution in [0, 0.1) is 11.8 Å². The third kappa shape index (κ3) is 4.75. The van der Waals surface area contributed by atoms with Gasteiger partial charge in [0.25, 0.3) is 0 Å². The Hall–Kier alpha value is -1.06. The molecule has 0 spiro atoms. The third-order valence-electron chi connectivity index (χ3n) is 3.23. The summed E-state index contributed by atoms with van der Waals surface area (Å²) in [7, 11) is 0. The van der Waals surface area contributed by atoms with E-state index in [1.807, 2.05) is 13.8 Å². The van der Waals surface area contributed by atoms with Gasteiger partial charge in [0.05, 0.1) is 19.1 Å². The van der Waals surface area contributed by atoms with Crippen molar-refractivity contribution >= 4 is 11.9 Å². The molecule has 0 amide bonds. The third-order valence-corrected chi connectivity index (χ3v) is 3.23. The van der Waals surface area contributed by atoms with Gasteiger partial charge in [-0.15, -0.1) is 0 Å². The molecule has 4 heteroatoms. The van der Waals surface area contributed by atoms with Gasteiger partial charge in [-0.2, -0.15) is 0 Å². The zero-order valence-electron chi connectivity index (χ0n) is 10.7. The zero-order chi connectivity index (χ0) is 12.7. The molecular formula is C13H22O4. The highest BCUT2D eigenvalue weighted by Gasteiger charge is 2.28. The van der Waals surface area contributed by atoms with Crippen molar-refractivity contribution in [1.29, 1.82) is 0 Å². The quantitative estimate of drug-likeness (QED) is 0.694. The van der Waals surface area contributed by atoms with Gasteiger partial charge < -0.3 is 9.47 Å². The molecular weight excluding hydrogens is 220 g/mol. The molecule has 98 valence electrons. The monoisotopic (exact) mass is 242 g/mol. The topological polar surface area (TPSA) is 52.6 Å². The van der Waals surface area contributed by atoms with Crippen molar-refractivity contribution in [2.75, 3.05) is 13.2 Å². The largest absolute Gasteiger partial charge is 0.466 e. The maximum Gasteiger partial charge on any atom is 0.308 e. The van der Waals surface area contributed by atoms with Crippen LogP contribution in [0.4, 0.5) is 0 Å². The van der Waals surface area contributed by atoms with Crippen LogP contribution in [0.15, 0.2) is 0 Å². The molecule has 0 aliphatic heterocycles. The van der Waals surface area contributed by atoms with Crippen LogP contribution in [-0.2, 0) is 19.1 Å². The van der Waals surface area contributed by atoms with Crippen LogP contribution >= 0.6 is 0 Å².